The number of aryl methyl sites for hydroxylation is 3. The Kier molecular flexibility index (Phi) is 6.86. The Hall–Kier alpha value is -2.27. The third-order valence-electron chi connectivity index (χ3n) is 4.18. The first-order valence-corrected chi connectivity index (χ1v) is 9.92. The number of rotatable bonds is 6. The first-order valence-electron chi connectivity index (χ1n) is 8.53. The summed E-state index contributed by atoms with van der Waals surface area (Å²) in [6, 6.07) is 11.6. The van der Waals surface area contributed by atoms with Gasteiger partial charge in [-0.15, -0.1) is 0 Å². The first-order chi connectivity index (χ1) is 12.3. The average molecular weight is 371 g/mol. The number of benzene rings is 2. The summed E-state index contributed by atoms with van der Waals surface area (Å²) in [4.78, 5) is 26.3. The number of hydrogen-bond acceptors (Lipinski definition) is 3. The van der Waals surface area contributed by atoms with E-state index in [4.69, 9.17) is 0 Å². The van der Waals surface area contributed by atoms with Gasteiger partial charge >= 0.3 is 0 Å². The number of thioether (sulfide) groups is 1. The zero-order valence-corrected chi connectivity index (χ0v) is 16.9. The molecule has 4 nitrogen and oxygen atoms in total. The van der Waals surface area contributed by atoms with Gasteiger partial charge in [-0.25, -0.2) is 0 Å². The van der Waals surface area contributed by atoms with Crippen molar-refractivity contribution in [2.45, 2.75) is 26.5 Å². The van der Waals surface area contributed by atoms with Crippen molar-refractivity contribution in [3.8, 4) is 0 Å². The molecule has 0 heterocycles. The highest BCUT2D eigenvalue weighted by atomic mass is 32.2. The van der Waals surface area contributed by atoms with Gasteiger partial charge in [-0.2, -0.15) is 11.8 Å². The lowest BCUT2D eigenvalue weighted by molar-refractivity contribution is -0.116. The molecule has 0 spiro atoms. The molecule has 0 saturated carbocycles. The molecule has 26 heavy (non-hydrogen) atoms. The summed E-state index contributed by atoms with van der Waals surface area (Å²) < 4.78 is 0. The summed E-state index contributed by atoms with van der Waals surface area (Å²) in [5, 5.41) is 2.93. The predicted molar refractivity (Wildman–Crippen MR) is 110 cm³/mol. The molecule has 0 saturated heterocycles. The molecule has 0 aliphatic heterocycles. The molecular formula is C21H26N2O2S. The van der Waals surface area contributed by atoms with Gasteiger partial charge in [0.05, 0.1) is 6.54 Å². The monoisotopic (exact) mass is 370 g/mol. The standard InChI is InChI=1S/C21H26N2O2S/c1-14-10-15(2)20(16(3)11-14)22-19(24)12-23(4)21(25)18-8-6-17(7-9-18)13-26-5/h6-11H,12-13H2,1-5H3,(H,22,24). The van der Waals surface area contributed by atoms with Crippen LogP contribution in [0.3, 0.4) is 0 Å². The third-order valence-corrected chi connectivity index (χ3v) is 4.80. The van der Waals surface area contributed by atoms with Crippen LogP contribution in [0.15, 0.2) is 36.4 Å². The maximum absolute atomic E-state index is 12.5. The molecule has 0 aliphatic carbocycles. The zero-order chi connectivity index (χ0) is 19.3. The van der Waals surface area contributed by atoms with Gasteiger partial charge in [-0.1, -0.05) is 29.8 Å². The summed E-state index contributed by atoms with van der Waals surface area (Å²) in [5.74, 6) is 0.560. The van der Waals surface area contributed by atoms with E-state index in [0.717, 1.165) is 28.1 Å². The molecule has 0 aromatic heterocycles. The Bertz CT molecular complexity index is 777. The smallest absolute Gasteiger partial charge is 0.254 e. The van der Waals surface area contributed by atoms with Crippen LogP contribution in [0.1, 0.15) is 32.6 Å². The number of nitrogens with zero attached hydrogens (tertiary/aromatic N) is 1. The van der Waals surface area contributed by atoms with Gasteiger partial charge in [-0.05, 0) is 55.9 Å². The van der Waals surface area contributed by atoms with Gasteiger partial charge < -0.3 is 10.2 Å². The quantitative estimate of drug-likeness (QED) is 0.830. The van der Waals surface area contributed by atoms with E-state index in [0.29, 0.717) is 5.56 Å². The molecule has 0 radical (unpaired) electrons. The number of likely N-dealkylation sites (N-methyl/N-ethyl adjacent to an activating group) is 1. The minimum absolute atomic E-state index is 0.0121. The van der Waals surface area contributed by atoms with Crippen molar-refractivity contribution in [1.29, 1.82) is 0 Å². The Morgan fingerprint density at radius 2 is 1.62 bits per heavy atom. The predicted octanol–water partition coefficient (Wildman–Crippen LogP) is 4.19. The van der Waals surface area contributed by atoms with Crippen LogP contribution in [-0.4, -0.2) is 36.6 Å². The average Bonchev–Trinajstić information content (AvgIpc) is 2.58. The lowest BCUT2D eigenvalue weighted by Gasteiger charge is -2.18. The van der Waals surface area contributed by atoms with Gasteiger partial charge in [-0.3, -0.25) is 9.59 Å². The molecule has 0 bridgehead atoms. The molecule has 1 N–H and O–H groups in total. The van der Waals surface area contributed by atoms with Crippen LogP contribution in [0.25, 0.3) is 0 Å². The fraction of sp³-hybridized carbons (Fsp3) is 0.333. The summed E-state index contributed by atoms with van der Waals surface area (Å²) in [6.45, 7) is 5.99. The minimum Gasteiger partial charge on any atom is -0.332 e. The summed E-state index contributed by atoms with van der Waals surface area (Å²) >= 11 is 1.74. The topological polar surface area (TPSA) is 49.4 Å². The van der Waals surface area contributed by atoms with Gasteiger partial charge in [0.25, 0.3) is 5.91 Å². The van der Waals surface area contributed by atoms with Gasteiger partial charge in [0.15, 0.2) is 0 Å². The van der Waals surface area contributed by atoms with Crippen LogP contribution < -0.4 is 5.32 Å². The fourth-order valence-corrected chi connectivity index (χ4v) is 3.50. The zero-order valence-electron chi connectivity index (χ0n) is 16.1. The Morgan fingerprint density at radius 1 is 1.04 bits per heavy atom. The van der Waals surface area contributed by atoms with Gasteiger partial charge in [0.2, 0.25) is 5.91 Å². The van der Waals surface area contributed by atoms with E-state index in [9.17, 15) is 9.59 Å². The first kappa shape index (κ1) is 20.0. The molecule has 0 aliphatic rings. The van der Waals surface area contributed by atoms with Crippen LogP contribution in [0.5, 0.6) is 0 Å². The van der Waals surface area contributed by atoms with Crippen LogP contribution in [0, 0.1) is 20.8 Å². The van der Waals surface area contributed by atoms with Crippen LogP contribution in [0.2, 0.25) is 0 Å². The second-order valence-corrected chi connectivity index (χ2v) is 7.48. The van der Waals surface area contributed by atoms with Crippen LogP contribution in [-0.2, 0) is 10.5 Å². The minimum atomic E-state index is -0.199. The van der Waals surface area contributed by atoms with E-state index >= 15 is 0 Å². The number of anilines is 1. The highest BCUT2D eigenvalue weighted by Crippen LogP contribution is 2.22. The Balaban J connectivity index is 2.01. The second kappa shape index (κ2) is 8.90. The van der Waals surface area contributed by atoms with Gasteiger partial charge in [0, 0.05) is 24.1 Å². The number of amides is 2. The molecule has 138 valence electrons. The van der Waals surface area contributed by atoms with Crippen molar-refractivity contribution < 1.29 is 9.59 Å². The molecule has 5 heteroatoms. The van der Waals surface area contributed by atoms with Crippen molar-refractivity contribution in [2.75, 3.05) is 25.2 Å². The number of nitrogens with one attached hydrogen (secondary N) is 1. The Morgan fingerprint density at radius 3 is 2.15 bits per heavy atom. The lowest BCUT2D eigenvalue weighted by Crippen LogP contribution is -2.35. The lowest BCUT2D eigenvalue weighted by atomic mass is 10.1. The van der Waals surface area contributed by atoms with E-state index in [1.165, 1.54) is 10.5 Å². The molecule has 2 aromatic rings. The maximum Gasteiger partial charge on any atom is 0.254 e. The number of carbonyl (C=O) groups excluding carboxylic acids is 2. The molecule has 2 amide bonds. The second-order valence-electron chi connectivity index (χ2n) is 6.61. The molecule has 0 fully saturated rings. The highest BCUT2D eigenvalue weighted by Gasteiger charge is 2.16. The van der Waals surface area contributed by atoms with Crippen molar-refractivity contribution in [1.82, 2.24) is 4.90 Å². The van der Waals surface area contributed by atoms with Crippen LogP contribution in [0.4, 0.5) is 5.69 Å². The van der Waals surface area contributed by atoms with Crippen LogP contribution >= 0.6 is 11.8 Å². The summed E-state index contributed by atoms with van der Waals surface area (Å²) in [6.07, 6.45) is 2.04. The Labute approximate surface area is 160 Å². The maximum atomic E-state index is 12.5. The highest BCUT2D eigenvalue weighted by molar-refractivity contribution is 7.97. The van der Waals surface area contributed by atoms with Crippen molar-refractivity contribution in [3.63, 3.8) is 0 Å². The molecule has 2 rings (SSSR count). The molecular weight excluding hydrogens is 344 g/mol. The van der Waals surface area contributed by atoms with E-state index < -0.39 is 0 Å². The fourth-order valence-electron chi connectivity index (χ4n) is 2.97. The third kappa shape index (κ3) is 5.11. The SMILES string of the molecule is CSCc1ccc(C(=O)N(C)CC(=O)Nc2c(C)cc(C)cc2C)cc1. The largest absolute Gasteiger partial charge is 0.332 e. The van der Waals surface area contributed by atoms with E-state index in [1.807, 2.05) is 63.4 Å². The van der Waals surface area contributed by atoms with E-state index in [1.54, 1.807) is 18.8 Å². The summed E-state index contributed by atoms with van der Waals surface area (Å²) in [5.41, 5.74) is 5.80. The molecule has 2 aromatic carbocycles. The van der Waals surface area contributed by atoms with Crippen molar-refractivity contribution >= 4 is 29.3 Å². The number of hydrogen-bond donors (Lipinski definition) is 1. The van der Waals surface area contributed by atoms with E-state index in [2.05, 4.69) is 5.32 Å². The van der Waals surface area contributed by atoms with Crippen molar-refractivity contribution in [3.05, 3.63) is 64.2 Å². The van der Waals surface area contributed by atoms with Gasteiger partial charge in [0.1, 0.15) is 0 Å². The van der Waals surface area contributed by atoms with E-state index in [-0.39, 0.29) is 18.4 Å². The summed E-state index contributed by atoms with van der Waals surface area (Å²) in [7, 11) is 1.65. The number of carbonyl (C=O) groups is 2. The van der Waals surface area contributed by atoms with Crippen molar-refractivity contribution in [2.24, 2.45) is 0 Å². The molecule has 0 atom stereocenters. The molecule has 0 unspecified atom stereocenters. The normalized spacial score (nSPS) is 10.5.